The van der Waals surface area contributed by atoms with Gasteiger partial charge in [-0.15, -0.1) is 0 Å². The Balaban J connectivity index is 1.94. The molecule has 2 rings (SSSR count). The topological polar surface area (TPSA) is 78.4 Å². The molecule has 2 aromatic rings. The smallest absolute Gasteiger partial charge is 0.313 e. The number of anilines is 1. The zero-order valence-corrected chi connectivity index (χ0v) is 14.6. The van der Waals surface area contributed by atoms with Crippen molar-refractivity contribution in [3.63, 3.8) is 0 Å². The normalized spacial score (nSPS) is 11.6. The van der Waals surface area contributed by atoms with Gasteiger partial charge in [0.2, 0.25) is 0 Å². The van der Waals surface area contributed by atoms with Crippen molar-refractivity contribution >= 4 is 17.5 Å². The fraction of sp³-hybridized carbons (Fsp3) is 0.300. The van der Waals surface area contributed by atoms with Crippen LogP contribution >= 0.6 is 0 Å². The van der Waals surface area contributed by atoms with Gasteiger partial charge in [-0.25, -0.2) is 0 Å². The fourth-order valence-electron chi connectivity index (χ4n) is 2.80. The van der Waals surface area contributed by atoms with Crippen LogP contribution in [-0.2, 0) is 9.59 Å². The Morgan fingerprint density at radius 3 is 2.24 bits per heavy atom. The summed E-state index contributed by atoms with van der Waals surface area (Å²) in [6.07, 6.45) is 0.517. The summed E-state index contributed by atoms with van der Waals surface area (Å²) in [5.74, 6) is -1.41. The van der Waals surface area contributed by atoms with Crippen molar-refractivity contribution in [2.24, 2.45) is 0 Å². The molecule has 2 amide bonds. The third-order valence-electron chi connectivity index (χ3n) is 3.94. The minimum absolute atomic E-state index is 0.0181. The number of hydrogen-bond acceptors (Lipinski definition) is 3. The second-order valence-electron chi connectivity index (χ2n) is 6.16. The number of amides is 2. The van der Waals surface area contributed by atoms with E-state index >= 15 is 0 Å². The molecule has 25 heavy (non-hydrogen) atoms. The maximum atomic E-state index is 12.1. The summed E-state index contributed by atoms with van der Waals surface area (Å²) in [4.78, 5) is 24.1. The average Bonchev–Trinajstić information content (AvgIpc) is 2.58. The fourth-order valence-corrected chi connectivity index (χ4v) is 2.80. The molecule has 1 unspecified atom stereocenters. The highest BCUT2D eigenvalue weighted by Gasteiger charge is 2.17. The van der Waals surface area contributed by atoms with E-state index in [4.69, 9.17) is 0 Å². The van der Waals surface area contributed by atoms with Crippen molar-refractivity contribution in [3.05, 3.63) is 65.2 Å². The molecule has 0 spiro atoms. The van der Waals surface area contributed by atoms with Crippen LogP contribution in [0.3, 0.4) is 0 Å². The van der Waals surface area contributed by atoms with E-state index in [2.05, 4.69) is 10.6 Å². The number of hydrogen-bond donors (Lipinski definition) is 3. The number of aliphatic hydroxyl groups is 1. The number of carbonyl (C=O) groups excluding carboxylic acids is 2. The van der Waals surface area contributed by atoms with Crippen molar-refractivity contribution < 1.29 is 14.7 Å². The Morgan fingerprint density at radius 1 is 1.00 bits per heavy atom. The van der Waals surface area contributed by atoms with E-state index in [0.29, 0.717) is 18.7 Å². The van der Waals surface area contributed by atoms with Crippen molar-refractivity contribution in [3.8, 4) is 0 Å². The first-order valence-electron chi connectivity index (χ1n) is 8.33. The predicted molar refractivity (Wildman–Crippen MR) is 98.4 cm³/mol. The largest absolute Gasteiger partial charge is 0.396 e. The zero-order valence-electron chi connectivity index (χ0n) is 14.6. The van der Waals surface area contributed by atoms with E-state index in [1.165, 1.54) is 0 Å². The van der Waals surface area contributed by atoms with E-state index < -0.39 is 11.8 Å². The second kappa shape index (κ2) is 8.99. The minimum atomic E-state index is -0.694. The molecule has 3 N–H and O–H groups in total. The maximum absolute atomic E-state index is 12.1. The molecule has 0 heterocycles. The van der Waals surface area contributed by atoms with Gasteiger partial charge in [-0.05, 0) is 49.1 Å². The first-order valence-corrected chi connectivity index (χ1v) is 8.33. The molecule has 1 atom stereocenters. The quantitative estimate of drug-likeness (QED) is 0.707. The Kier molecular flexibility index (Phi) is 6.71. The lowest BCUT2D eigenvalue weighted by atomic mass is 9.96. The van der Waals surface area contributed by atoms with Crippen LogP contribution in [0.4, 0.5) is 5.69 Å². The molecule has 0 aliphatic carbocycles. The van der Waals surface area contributed by atoms with Crippen LogP contribution in [-0.4, -0.2) is 30.1 Å². The number of benzene rings is 2. The highest BCUT2D eigenvalue weighted by molar-refractivity contribution is 6.39. The van der Waals surface area contributed by atoms with Crippen LogP contribution in [0.2, 0.25) is 0 Å². The number of rotatable bonds is 6. The lowest BCUT2D eigenvalue weighted by molar-refractivity contribution is -0.136. The molecule has 0 bridgehead atoms. The maximum Gasteiger partial charge on any atom is 0.313 e. The molecule has 0 saturated heterocycles. The van der Waals surface area contributed by atoms with E-state index in [-0.39, 0.29) is 12.5 Å². The van der Waals surface area contributed by atoms with E-state index in [0.717, 1.165) is 16.7 Å². The third-order valence-corrected chi connectivity index (χ3v) is 3.94. The summed E-state index contributed by atoms with van der Waals surface area (Å²) in [6, 6.07) is 15.3. The van der Waals surface area contributed by atoms with Crippen molar-refractivity contribution in [2.45, 2.75) is 26.2 Å². The van der Waals surface area contributed by atoms with Crippen molar-refractivity contribution in [1.82, 2.24) is 5.32 Å². The third kappa shape index (κ3) is 5.72. The lowest BCUT2D eigenvalue weighted by Gasteiger charge is -2.17. The SMILES string of the molecule is Cc1cc(C)cc(NC(=O)C(=O)NCC(CCO)c2ccccc2)c1. The van der Waals surface area contributed by atoms with Crippen LogP contribution in [0.1, 0.15) is 29.0 Å². The Labute approximate surface area is 148 Å². The Bertz CT molecular complexity index is 709. The van der Waals surface area contributed by atoms with Crippen LogP contribution in [0.25, 0.3) is 0 Å². The van der Waals surface area contributed by atoms with Crippen LogP contribution in [0.5, 0.6) is 0 Å². The van der Waals surface area contributed by atoms with Crippen molar-refractivity contribution in [1.29, 1.82) is 0 Å². The summed E-state index contributed by atoms with van der Waals surface area (Å²) in [5, 5.41) is 14.5. The molecule has 2 aromatic carbocycles. The Hall–Kier alpha value is -2.66. The molecule has 0 radical (unpaired) electrons. The molecule has 0 fully saturated rings. The van der Waals surface area contributed by atoms with Gasteiger partial charge >= 0.3 is 11.8 Å². The average molecular weight is 340 g/mol. The zero-order chi connectivity index (χ0) is 18.2. The second-order valence-corrected chi connectivity index (χ2v) is 6.16. The summed E-state index contributed by atoms with van der Waals surface area (Å²) >= 11 is 0. The molecule has 0 saturated carbocycles. The summed E-state index contributed by atoms with van der Waals surface area (Å²) in [7, 11) is 0. The molecular weight excluding hydrogens is 316 g/mol. The molecule has 5 nitrogen and oxygen atoms in total. The van der Waals surface area contributed by atoms with E-state index in [1.807, 2.05) is 62.4 Å². The van der Waals surface area contributed by atoms with Crippen LogP contribution in [0.15, 0.2) is 48.5 Å². The molecule has 5 heteroatoms. The molecule has 0 aliphatic heterocycles. The highest BCUT2D eigenvalue weighted by atomic mass is 16.3. The molecule has 132 valence electrons. The van der Waals surface area contributed by atoms with Gasteiger partial charge in [-0.3, -0.25) is 9.59 Å². The van der Waals surface area contributed by atoms with Gasteiger partial charge in [0, 0.05) is 24.8 Å². The van der Waals surface area contributed by atoms with Gasteiger partial charge in [-0.2, -0.15) is 0 Å². The molecule has 0 aliphatic rings. The van der Waals surface area contributed by atoms with Gasteiger partial charge in [0.25, 0.3) is 0 Å². The monoisotopic (exact) mass is 340 g/mol. The van der Waals surface area contributed by atoms with Gasteiger partial charge in [-0.1, -0.05) is 36.4 Å². The minimum Gasteiger partial charge on any atom is -0.396 e. The number of carbonyl (C=O) groups is 2. The van der Waals surface area contributed by atoms with Crippen LogP contribution in [0, 0.1) is 13.8 Å². The first-order chi connectivity index (χ1) is 12.0. The molecular formula is C20H24N2O3. The first kappa shape index (κ1) is 18.7. The van der Waals surface area contributed by atoms with E-state index in [9.17, 15) is 14.7 Å². The van der Waals surface area contributed by atoms with Crippen molar-refractivity contribution in [2.75, 3.05) is 18.5 Å². The van der Waals surface area contributed by atoms with E-state index in [1.54, 1.807) is 0 Å². The summed E-state index contributed by atoms with van der Waals surface area (Å²) in [5.41, 5.74) is 3.66. The highest BCUT2D eigenvalue weighted by Crippen LogP contribution is 2.18. The number of aryl methyl sites for hydroxylation is 2. The summed E-state index contributed by atoms with van der Waals surface area (Å²) in [6.45, 7) is 4.18. The lowest BCUT2D eigenvalue weighted by Crippen LogP contribution is -2.37. The standard InChI is InChI=1S/C20H24N2O3/c1-14-10-15(2)12-18(11-14)22-20(25)19(24)21-13-17(8-9-23)16-6-4-3-5-7-16/h3-7,10-12,17,23H,8-9,13H2,1-2H3,(H,21,24)(H,22,25). The van der Waals surface area contributed by atoms with Gasteiger partial charge < -0.3 is 15.7 Å². The van der Waals surface area contributed by atoms with Gasteiger partial charge in [0.15, 0.2) is 0 Å². The predicted octanol–water partition coefficient (Wildman–Crippen LogP) is 2.52. The number of nitrogens with one attached hydrogen (secondary N) is 2. The van der Waals surface area contributed by atoms with Gasteiger partial charge in [0.05, 0.1) is 0 Å². The van der Waals surface area contributed by atoms with Gasteiger partial charge in [0.1, 0.15) is 0 Å². The van der Waals surface area contributed by atoms with Crippen LogP contribution < -0.4 is 10.6 Å². The molecule has 0 aromatic heterocycles. The Morgan fingerprint density at radius 2 is 1.64 bits per heavy atom. The summed E-state index contributed by atoms with van der Waals surface area (Å²) < 4.78 is 0. The number of aliphatic hydroxyl groups excluding tert-OH is 1.